The third-order valence-corrected chi connectivity index (χ3v) is 7.14. The maximum atomic E-state index is 14.5. The molecule has 184 valence electrons. The van der Waals surface area contributed by atoms with Crippen LogP contribution in [0, 0.1) is 18.6 Å². The number of carbonyl (C=O) groups is 2. The van der Waals surface area contributed by atoms with Gasteiger partial charge in [0.15, 0.2) is 0 Å². The van der Waals surface area contributed by atoms with Gasteiger partial charge in [0.1, 0.15) is 17.3 Å². The van der Waals surface area contributed by atoms with Crippen molar-refractivity contribution in [3.63, 3.8) is 0 Å². The molecule has 0 aliphatic carbocycles. The zero-order chi connectivity index (χ0) is 24.7. The summed E-state index contributed by atoms with van der Waals surface area (Å²) in [5.41, 5.74) is 2.68. The van der Waals surface area contributed by atoms with E-state index in [0.717, 1.165) is 51.3 Å². The zero-order valence-electron chi connectivity index (χ0n) is 19.9. The Bertz CT molecular complexity index is 1240. The molecule has 0 saturated carbocycles. The molecule has 7 nitrogen and oxygen atoms in total. The van der Waals surface area contributed by atoms with Crippen molar-refractivity contribution >= 4 is 34.1 Å². The molecule has 0 bridgehead atoms. The van der Waals surface area contributed by atoms with Gasteiger partial charge in [0.25, 0.3) is 5.91 Å². The summed E-state index contributed by atoms with van der Waals surface area (Å²) < 4.78 is 28.6. The van der Waals surface area contributed by atoms with E-state index < -0.39 is 17.5 Å². The Labute approximate surface area is 202 Å². The fourth-order valence-electron chi connectivity index (χ4n) is 5.15. The number of nitrogens with one attached hydrogen (secondary N) is 2. The summed E-state index contributed by atoms with van der Waals surface area (Å²) in [6.07, 6.45) is 0.957. The number of benzene rings is 2. The molecule has 5 rings (SSSR count). The van der Waals surface area contributed by atoms with Gasteiger partial charge in [-0.2, -0.15) is 0 Å². The Balaban J connectivity index is 1.27. The third-order valence-electron chi connectivity index (χ3n) is 7.14. The lowest BCUT2D eigenvalue weighted by Crippen LogP contribution is -2.52. The van der Waals surface area contributed by atoms with Crippen LogP contribution in [0.15, 0.2) is 36.4 Å². The molecule has 0 radical (unpaired) electrons. The number of H-pyrrole nitrogens is 1. The number of aromatic nitrogens is 1. The molecule has 3 heterocycles. The number of hydrogen-bond acceptors (Lipinski definition) is 4. The number of aryl methyl sites for hydroxylation is 1. The number of piperazine rings is 1. The number of fused-ring (bicyclic) bond motifs is 1. The van der Waals surface area contributed by atoms with Crippen LogP contribution in [-0.2, 0) is 4.79 Å². The Kier molecular flexibility index (Phi) is 6.19. The van der Waals surface area contributed by atoms with Gasteiger partial charge in [-0.05, 0) is 49.2 Å². The largest absolute Gasteiger partial charge is 0.370 e. The molecule has 2 aliphatic rings. The Hall–Kier alpha value is -3.46. The second-order valence-electron chi connectivity index (χ2n) is 9.42. The van der Waals surface area contributed by atoms with Crippen molar-refractivity contribution in [3.8, 4) is 0 Å². The molecule has 0 spiro atoms. The van der Waals surface area contributed by atoms with Gasteiger partial charge in [-0.3, -0.25) is 14.5 Å². The van der Waals surface area contributed by atoms with Gasteiger partial charge in [-0.1, -0.05) is 6.07 Å². The summed E-state index contributed by atoms with van der Waals surface area (Å²) >= 11 is 0. The molecule has 1 aromatic heterocycles. The molecular weight excluding hydrogens is 452 g/mol. The van der Waals surface area contributed by atoms with E-state index in [1.54, 1.807) is 19.1 Å². The Morgan fingerprint density at radius 2 is 1.80 bits per heavy atom. The summed E-state index contributed by atoms with van der Waals surface area (Å²) in [6.45, 7) is 8.14. The van der Waals surface area contributed by atoms with E-state index in [0.29, 0.717) is 28.3 Å². The molecule has 2 aromatic carbocycles. The predicted molar refractivity (Wildman–Crippen MR) is 132 cm³/mol. The molecule has 0 unspecified atom stereocenters. The fourth-order valence-corrected chi connectivity index (χ4v) is 5.15. The SMILES string of the molecule is CC(=O)N1CCN([C@H]2CCN(c3cc(F)cc(NC(=O)c4cc5c(F)ccc(C)c5[nH]4)c3)C2)CC1. The number of rotatable bonds is 4. The first-order valence-corrected chi connectivity index (χ1v) is 11.9. The van der Waals surface area contributed by atoms with E-state index in [4.69, 9.17) is 0 Å². The van der Waals surface area contributed by atoms with Gasteiger partial charge >= 0.3 is 0 Å². The number of nitrogens with zero attached hydrogens (tertiary/aromatic N) is 3. The molecule has 9 heteroatoms. The summed E-state index contributed by atoms with van der Waals surface area (Å²) in [5.74, 6) is -1.19. The molecule has 35 heavy (non-hydrogen) atoms. The van der Waals surface area contributed by atoms with E-state index in [2.05, 4.69) is 20.1 Å². The van der Waals surface area contributed by atoms with Gasteiger partial charge in [0, 0.05) is 69.0 Å². The van der Waals surface area contributed by atoms with Crippen LogP contribution in [0.4, 0.5) is 20.2 Å². The molecular formula is C26H29F2N5O2. The van der Waals surface area contributed by atoms with Crippen molar-refractivity contribution in [1.82, 2.24) is 14.8 Å². The standard InChI is InChI=1S/C26H29F2N5O2/c1-16-3-4-23(28)22-14-24(30-25(16)22)26(35)29-19-11-18(27)12-21(13-19)33-6-5-20(15-33)32-9-7-31(8-10-32)17(2)34/h3-4,11-14,20,30H,5-10,15H2,1-2H3,(H,29,35)/t20-/m0/s1. The van der Waals surface area contributed by atoms with Crippen molar-refractivity contribution in [3.05, 3.63) is 59.3 Å². The lowest BCUT2D eigenvalue weighted by molar-refractivity contribution is -0.130. The average molecular weight is 482 g/mol. The van der Waals surface area contributed by atoms with Crippen LogP contribution in [0.1, 0.15) is 29.4 Å². The minimum absolute atomic E-state index is 0.111. The molecule has 2 N–H and O–H groups in total. The van der Waals surface area contributed by atoms with E-state index in [1.165, 1.54) is 24.3 Å². The van der Waals surface area contributed by atoms with Gasteiger partial charge in [0.2, 0.25) is 5.91 Å². The first-order chi connectivity index (χ1) is 16.8. The van der Waals surface area contributed by atoms with Crippen molar-refractivity contribution in [2.75, 3.05) is 49.5 Å². The number of amides is 2. The highest BCUT2D eigenvalue weighted by Gasteiger charge is 2.31. The summed E-state index contributed by atoms with van der Waals surface area (Å²) in [4.78, 5) is 33.8. The van der Waals surface area contributed by atoms with Crippen molar-refractivity contribution in [2.24, 2.45) is 0 Å². The van der Waals surface area contributed by atoms with E-state index >= 15 is 0 Å². The van der Waals surface area contributed by atoms with Crippen LogP contribution < -0.4 is 10.2 Å². The van der Waals surface area contributed by atoms with E-state index in [1.807, 2.05) is 11.8 Å². The summed E-state index contributed by atoms with van der Waals surface area (Å²) in [7, 11) is 0. The monoisotopic (exact) mass is 481 g/mol. The molecule has 3 aromatic rings. The number of hydrogen-bond donors (Lipinski definition) is 2. The normalized spacial score (nSPS) is 18.9. The zero-order valence-corrected chi connectivity index (χ0v) is 19.9. The third kappa shape index (κ3) is 4.73. The maximum absolute atomic E-state index is 14.5. The quantitative estimate of drug-likeness (QED) is 0.596. The van der Waals surface area contributed by atoms with Crippen LogP contribution in [-0.4, -0.2) is 71.9 Å². The van der Waals surface area contributed by atoms with E-state index in [9.17, 15) is 18.4 Å². The molecule has 2 fully saturated rings. The number of halogens is 2. The molecule has 2 aliphatic heterocycles. The maximum Gasteiger partial charge on any atom is 0.272 e. The van der Waals surface area contributed by atoms with Crippen molar-refractivity contribution < 1.29 is 18.4 Å². The van der Waals surface area contributed by atoms with Gasteiger partial charge in [-0.25, -0.2) is 8.78 Å². The Morgan fingerprint density at radius 3 is 2.51 bits per heavy atom. The van der Waals surface area contributed by atoms with Crippen LogP contribution in [0.2, 0.25) is 0 Å². The first kappa shape index (κ1) is 23.3. The molecule has 1 atom stereocenters. The predicted octanol–water partition coefficient (Wildman–Crippen LogP) is 3.75. The van der Waals surface area contributed by atoms with E-state index in [-0.39, 0.29) is 11.6 Å². The van der Waals surface area contributed by atoms with Crippen molar-refractivity contribution in [1.29, 1.82) is 0 Å². The van der Waals surface area contributed by atoms with Crippen LogP contribution in [0.3, 0.4) is 0 Å². The lowest BCUT2D eigenvalue weighted by Gasteiger charge is -2.37. The summed E-state index contributed by atoms with van der Waals surface area (Å²) in [5, 5.41) is 3.10. The fraction of sp³-hybridized carbons (Fsp3) is 0.385. The highest BCUT2D eigenvalue weighted by atomic mass is 19.1. The van der Waals surface area contributed by atoms with Gasteiger partial charge < -0.3 is 20.1 Å². The smallest absolute Gasteiger partial charge is 0.272 e. The molecule has 2 amide bonds. The second kappa shape index (κ2) is 9.30. The minimum atomic E-state index is -0.459. The number of anilines is 2. The topological polar surface area (TPSA) is 71.7 Å². The van der Waals surface area contributed by atoms with Crippen LogP contribution in [0.5, 0.6) is 0 Å². The van der Waals surface area contributed by atoms with Crippen molar-refractivity contribution in [2.45, 2.75) is 26.3 Å². The van der Waals surface area contributed by atoms with Crippen LogP contribution >= 0.6 is 0 Å². The highest BCUT2D eigenvalue weighted by Crippen LogP contribution is 2.28. The number of carbonyl (C=O) groups excluding carboxylic acids is 2. The second-order valence-corrected chi connectivity index (χ2v) is 9.42. The van der Waals surface area contributed by atoms with Gasteiger partial charge in [0.05, 0.1) is 5.52 Å². The lowest BCUT2D eigenvalue weighted by atomic mass is 10.1. The average Bonchev–Trinajstić information content (AvgIpc) is 3.50. The van der Waals surface area contributed by atoms with Crippen LogP contribution in [0.25, 0.3) is 10.9 Å². The molecule has 2 saturated heterocycles. The first-order valence-electron chi connectivity index (χ1n) is 11.9. The Morgan fingerprint density at radius 1 is 1.03 bits per heavy atom. The minimum Gasteiger partial charge on any atom is -0.370 e. The van der Waals surface area contributed by atoms with Gasteiger partial charge in [-0.15, -0.1) is 0 Å². The summed E-state index contributed by atoms with van der Waals surface area (Å²) in [6, 6.07) is 9.38. The highest BCUT2D eigenvalue weighted by molar-refractivity contribution is 6.06. The number of aromatic amines is 1.